The van der Waals surface area contributed by atoms with Gasteiger partial charge in [0.15, 0.2) is 12.4 Å². The van der Waals surface area contributed by atoms with Gasteiger partial charge in [0.25, 0.3) is 0 Å². The zero-order valence-electron chi connectivity index (χ0n) is 18.6. The second-order valence-corrected chi connectivity index (χ2v) is 8.70. The number of rotatable bonds is 6. The number of H-pyrrole nitrogens is 1. The monoisotopic (exact) mass is 454 g/mol. The fourth-order valence-electron chi connectivity index (χ4n) is 4.59. The number of pyridine rings is 2. The Morgan fingerprint density at radius 2 is 1.97 bits per heavy atom. The first kappa shape index (κ1) is 20.7. The number of aromatic amines is 1. The molecule has 1 atom stereocenters. The number of fused-ring (bicyclic) bond motifs is 1. The molecular weight excluding hydrogens is 430 g/mol. The molecule has 3 N–H and O–H groups in total. The van der Waals surface area contributed by atoms with E-state index in [1.165, 1.54) is 0 Å². The van der Waals surface area contributed by atoms with Crippen LogP contribution in [0.25, 0.3) is 22.2 Å². The predicted molar refractivity (Wildman–Crippen MR) is 123 cm³/mol. The van der Waals surface area contributed by atoms with Crippen LogP contribution in [-0.2, 0) is 12.3 Å². The first-order chi connectivity index (χ1) is 16.6. The Kier molecular flexibility index (Phi) is 4.79. The summed E-state index contributed by atoms with van der Waals surface area (Å²) >= 11 is 0. The summed E-state index contributed by atoms with van der Waals surface area (Å²) in [4.78, 5) is 12.9. The number of aromatic nitrogens is 5. The molecule has 0 aliphatic heterocycles. The van der Waals surface area contributed by atoms with E-state index in [2.05, 4.69) is 15.1 Å². The Bertz CT molecular complexity index is 1430. The standard InChI is InChI=1S/C26H24N5O3/c1-16-23(21(15-32)30-34-16)18-13-19(24-20(14-18)28-25(29-24)17-8-9-17)26(33,22-7-3-4-10-27-22)31-11-5-2-6-12-31/h2-7,10-14,17,32-33H,8-9,15H2,1H3,(H,28,29)/q+1. The van der Waals surface area contributed by atoms with Gasteiger partial charge in [0.1, 0.15) is 28.5 Å². The maximum absolute atomic E-state index is 12.5. The van der Waals surface area contributed by atoms with Gasteiger partial charge in [-0.2, -0.15) is 4.57 Å². The summed E-state index contributed by atoms with van der Waals surface area (Å²) in [7, 11) is 0. The topological polar surface area (TPSA) is 112 Å². The Hall–Kier alpha value is -3.88. The number of nitrogens with zero attached hydrogens (tertiary/aromatic N) is 4. The lowest BCUT2D eigenvalue weighted by molar-refractivity contribution is -0.784. The van der Waals surface area contributed by atoms with Crippen molar-refractivity contribution in [3.8, 4) is 11.1 Å². The van der Waals surface area contributed by atoms with E-state index in [4.69, 9.17) is 9.51 Å². The van der Waals surface area contributed by atoms with Crippen molar-refractivity contribution in [2.45, 2.75) is 38.0 Å². The van der Waals surface area contributed by atoms with Gasteiger partial charge in [-0.15, -0.1) is 0 Å². The Morgan fingerprint density at radius 3 is 2.68 bits per heavy atom. The van der Waals surface area contributed by atoms with Crippen molar-refractivity contribution in [1.29, 1.82) is 0 Å². The molecule has 1 aliphatic carbocycles. The molecule has 8 heteroatoms. The smallest absolute Gasteiger partial charge is 0.343 e. The number of aryl methyl sites for hydroxylation is 1. The van der Waals surface area contributed by atoms with Crippen LogP contribution in [-0.4, -0.2) is 30.3 Å². The van der Waals surface area contributed by atoms with E-state index in [1.54, 1.807) is 16.8 Å². The summed E-state index contributed by atoms with van der Waals surface area (Å²) in [6, 6.07) is 15.0. The van der Waals surface area contributed by atoms with Gasteiger partial charge in [0.05, 0.1) is 17.7 Å². The van der Waals surface area contributed by atoms with E-state index < -0.39 is 5.72 Å². The summed E-state index contributed by atoms with van der Waals surface area (Å²) < 4.78 is 7.11. The van der Waals surface area contributed by atoms with Crippen LogP contribution in [0.3, 0.4) is 0 Å². The van der Waals surface area contributed by atoms with E-state index in [-0.39, 0.29) is 6.61 Å². The fraction of sp³-hybridized carbons (Fsp3) is 0.231. The number of hydrogen-bond acceptors (Lipinski definition) is 6. The Balaban J connectivity index is 1.69. The molecule has 4 aromatic heterocycles. The van der Waals surface area contributed by atoms with E-state index in [1.807, 2.05) is 61.8 Å². The Labute approximate surface area is 195 Å². The lowest BCUT2D eigenvalue weighted by Crippen LogP contribution is -2.58. The molecule has 1 saturated carbocycles. The third kappa shape index (κ3) is 3.22. The normalized spacial score (nSPS) is 15.5. The van der Waals surface area contributed by atoms with Gasteiger partial charge in [0.2, 0.25) is 0 Å². The van der Waals surface area contributed by atoms with Gasteiger partial charge in [-0.25, -0.2) is 4.98 Å². The van der Waals surface area contributed by atoms with E-state index in [0.29, 0.717) is 39.7 Å². The lowest BCUT2D eigenvalue weighted by Gasteiger charge is -2.23. The highest BCUT2D eigenvalue weighted by atomic mass is 16.5. The van der Waals surface area contributed by atoms with Gasteiger partial charge in [-0.3, -0.25) is 4.98 Å². The number of benzene rings is 1. The van der Waals surface area contributed by atoms with Crippen molar-refractivity contribution in [3.05, 3.63) is 95.7 Å². The van der Waals surface area contributed by atoms with Crippen LogP contribution >= 0.6 is 0 Å². The molecule has 4 heterocycles. The molecule has 0 bridgehead atoms. The highest BCUT2D eigenvalue weighted by Gasteiger charge is 2.46. The molecule has 1 unspecified atom stereocenters. The summed E-state index contributed by atoms with van der Waals surface area (Å²) in [5, 5.41) is 26.3. The highest BCUT2D eigenvalue weighted by molar-refractivity contribution is 5.87. The van der Waals surface area contributed by atoms with Crippen molar-refractivity contribution in [3.63, 3.8) is 0 Å². The van der Waals surface area contributed by atoms with Crippen molar-refractivity contribution < 1.29 is 19.3 Å². The molecule has 1 fully saturated rings. The molecule has 0 spiro atoms. The molecule has 0 amide bonds. The first-order valence-corrected chi connectivity index (χ1v) is 11.3. The van der Waals surface area contributed by atoms with Crippen molar-refractivity contribution >= 4 is 11.0 Å². The van der Waals surface area contributed by atoms with Crippen molar-refractivity contribution in [2.75, 3.05) is 0 Å². The SMILES string of the molecule is Cc1onc(CO)c1-c1cc(C(O)(c2ccccn2)[n+]2ccccc2)c2nc(C3CC3)[nH]c2c1. The number of nitrogens with one attached hydrogen (secondary N) is 1. The zero-order chi connectivity index (χ0) is 23.3. The summed E-state index contributed by atoms with van der Waals surface area (Å²) in [6.07, 6.45) is 7.48. The van der Waals surface area contributed by atoms with Crippen LogP contribution in [0.2, 0.25) is 0 Å². The number of aliphatic hydroxyl groups excluding tert-OH is 1. The van der Waals surface area contributed by atoms with Gasteiger partial charge < -0.3 is 19.7 Å². The van der Waals surface area contributed by atoms with Gasteiger partial charge >= 0.3 is 5.72 Å². The summed E-state index contributed by atoms with van der Waals surface area (Å²) in [6.45, 7) is 1.55. The zero-order valence-corrected chi connectivity index (χ0v) is 18.6. The van der Waals surface area contributed by atoms with Crippen LogP contribution in [0.4, 0.5) is 0 Å². The first-order valence-electron chi connectivity index (χ1n) is 11.3. The Morgan fingerprint density at radius 1 is 1.15 bits per heavy atom. The molecule has 6 rings (SSSR count). The van der Waals surface area contributed by atoms with Gasteiger partial charge in [-0.1, -0.05) is 17.3 Å². The molecule has 1 aromatic carbocycles. The molecular formula is C26H24N5O3+. The minimum absolute atomic E-state index is 0.256. The number of hydrogen-bond donors (Lipinski definition) is 3. The molecule has 5 aromatic rings. The molecule has 1 aliphatic rings. The van der Waals surface area contributed by atoms with Crippen molar-refractivity contribution in [2.24, 2.45) is 0 Å². The maximum Gasteiger partial charge on any atom is 0.343 e. The van der Waals surface area contributed by atoms with Crippen LogP contribution in [0.5, 0.6) is 0 Å². The van der Waals surface area contributed by atoms with Crippen LogP contribution in [0.15, 0.2) is 71.6 Å². The molecule has 34 heavy (non-hydrogen) atoms. The lowest BCUT2D eigenvalue weighted by atomic mass is 9.92. The minimum Gasteiger partial charge on any atom is -0.390 e. The van der Waals surface area contributed by atoms with Crippen molar-refractivity contribution in [1.82, 2.24) is 20.1 Å². The molecule has 8 nitrogen and oxygen atoms in total. The number of imidazole rings is 1. The highest BCUT2D eigenvalue weighted by Crippen LogP contribution is 2.42. The third-order valence-electron chi connectivity index (χ3n) is 6.43. The fourth-order valence-corrected chi connectivity index (χ4v) is 4.59. The molecule has 0 saturated heterocycles. The van der Waals surface area contributed by atoms with Crippen LogP contribution in [0, 0.1) is 6.92 Å². The molecule has 0 radical (unpaired) electrons. The number of aliphatic hydroxyl groups is 2. The van der Waals surface area contributed by atoms with Crippen LogP contribution < -0.4 is 4.57 Å². The van der Waals surface area contributed by atoms with Gasteiger partial charge in [-0.05, 0) is 49.6 Å². The second-order valence-electron chi connectivity index (χ2n) is 8.70. The van der Waals surface area contributed by atoms with Crippen LogP contribution in [0.1, 0.15) is 47.3 Å². The van der Waals surface area contributed by atoms with E-state index >= 15 is 0 Å². The predicted octanol–water partition coefficient (Wildman–Crippen LogP) is 3.32. The maximum atomic E-state index is 12.5. The summed E-state index contributed by atoms with van der Waals surface area (Å²) in [5.74, 6) is 1.91. The second kappa shape index (κ2) is 7.86. The van der Waals surface area contributed by atoms with E-state index in [9.17, 15) is 10.2 Å². The third-order valence-corrected chi connectivity index (χ3v) is 6.43. The van der Waals surface area contributed by atoms with E-state index in [0.717, 1.165) is 29.7 Å². The minimum atomic E-state index is -1.64. The summed E-state index contributed by atoms with van der Waals surface area (Å²) in [5.41, 5.74) is 2.78. The average molecular weight is 455 g/mol. The quantitative estimate of drug-likeness (QED) is 0.339. The largest absolute Gasteiger partial charge is 0.390 e. The molecule has 170 valence electrons. The average Bonchev–Trinajstić information content (AvgIpc) is 3.54. The van der Waals surface area contributed by atoms with Gasteiger partial charge in [0, 0.05) is 29.8 Å².